The summed E-state index contributed by atoms with van der Waals surface area (Å²) in [5, 5.41) is 3.05. The van der Waals surface area contributed by atoms with E-state index in [4.69, 9.17) is 4.74 Å². The van der Waals surface area contributed by atoms with Crippen LogP contribution in [0.4, 0.5) is 5.69 Å². The van der Waals surface area contributed by atoms with E-state index in [0.717, 1.165) is 6.07 Å². The summed E-state index contributed by atoms with van der Waals surface area (Å²) in [6, 6.07) is 14.4. The van der Waals surface area contributed by atoms with Crippen LogP contribution in [0, 0.1) is 0 Å². The Bertz CT molecular complexity index is 1130. The van der Waals surface area contributed by atoms with Crippen LogP contribution in [0.1, 0.15) is 34.7 Å². The molecule has 3 rings (SSSR count). The summed E-state index contributed by atoms with van der Waals surface area (Å²) in [5.41, 5.74) is 1.01. The number of hydrogen-bond acceptors (Lipinski definition) is 5. The van der Waals surface area contributed by atoms with Gasteiger partial charge in [-0.05, 0) is 38.1 Å². The molecule has 7 nitrogen and oxygen atoms in total. The van der Waals surface area contributed by atoms with Gasteiger partial charge in [-0.25, -0.2) is 4.79 Å². The second kappa shape index (κ2) is 7.87. The number of Topliss-reactive ketones (excluding diaryl/α,β-unsaturated/α-hetero) is 1. The fourth-order valence-corrected chi connectivity index (χ4v) is 2.64. The number of nitrogens with one attached hydrogen (secondary N) is 2. The quantitative estimate of drug-likeness (QED) is 0.525. The number of rotatable bonds is 5. The van der Waals surface area contributed by atoms with Crippen LogP contribution in [-0.4, -0.2) is 28.7 Å². The normalized spacial score (nSPS) is 11.6. The highest BCUT2D eigenvalue weighted by atomic mass is 16.5. The predicted molar refractivity (Wildman–Crippen MR) is 105 cm³/mol. The molecule has 2 aromatic carbocycles. The number of anilines is 1. The second-order valence-electron chi connectivity index (χ2n) is 6.27. The van der Waals surface area contributed by atoms with Crippen LogP contribution in [-0.2, 0) is 9.53 Å². The number of ketones is 1. The first-order chi connectivity index (χ1) is 13.3. The molecule has 1 aromatic heterocycles. The molecule has 1 amide bonds. The molecule has 1 atom stereocenters. The van der Waals surface area contributed by atoms with Crippen LogP contribution in [0.2, 0.25) is 0 Å². The number of carbonyl (C=O) groups is 3. The number of fused-ring (bicyclic) bond motifs is 1. The third-order valence-electron chi connectivity index (χ3n) is 4.15. The van der Waals surface area contributed by atoms with Crippen molar-refractivity contribution in [3.05, 3.63) is 76.1 Å². The first-order valence-corrected chi connectivity index (χ1v) is 8.60. The number of aromatic amines is 1. The number of pyridine rings is 1. The zero-order chi connectivity index (χ0) is 20.3. The average molecular weight is 378 g/mol. The van der Waals surface area contributed by atoms with Gasteiger partial charge >= 0.3 is 5.97 Å². The SMILES string of the molecule is CC(=O)c1cccc(NC(=O)[C@H](C)OC(=O)c2cc(=O)c3ccccc3[nH]2)c1. The molecule has 0 aliphatic heterocycles. The van der Waals surface area contributed by atoms with E-state index >= 15 is 0 Å². The number of carbonyl (C=O) groups excluding carboxylic acids is 3. The maximum absolute atomic E-state index is 12.3. The van der Waals surface area contributed by atoms with E-state index in [9.17, 15) is 19.2 Å². The Morgan fingerprint density at radius 2 is 1.79 bits per heavy atom. The molecule has 7 heteroatoms. The third kappa shape index (κ3) is 4.15. The highest BCUT2D eigenvalue weighted by Gasteiger charge is 2.20. The standard InChI is InChI=1S/C21H18N2O5/c1-12(24)14-6-5-7-15(10-14)22-20(26)13(2)28-21(27)18-11-19(25)16-8-3-4-9-17(16)23-18/h3-11,13H,1-2H3,(H,22,26)(H,23,25)/t13-/m0/s1. The summed E-state index contributed by atoms with van der Waals surface area (Å²) in [5.74, 6) is -1.50. The number of H-pyrrole nitrogens is 1. The molecule has 0 saturated carbocycles. The summed E-state index contributed by atoms with van der Waals surface area (Å²) in [6.07, 6.45) is -1.11. The maximum Gasteiger partial charge on any atom is 0.355 e. The summed E-state index contributed by atoms with van der Waals surface area (Å²) < 4.78 is 5.16. The molecule has 2 N–H and O–H groups in total. The van der Waals surface area contributed by atoms with Crippen LogP contribution in [0.15, 0.2) is 59.4 Å². The van der Waals surface area contributed by atoms with Gasteiger partial charge in [-0.1, -0.05) is 24.3 Å². The topological polar surface area (TPSA) is 105 Å². The summed E-state index contributed by atoms with van der Waals surface area (Å²) in [4.78, 5) is 51.0. The monoisotopic (exact) mass is 378 g/mol. The van der Waals surface area contributed by atoms with Gasteiger partial charge in [0.2, 0.25) is 0 Å². The van der Waals surface area contributed by atoms with Crippen molar-refractivity contribution in [2.45, 2.75) is 20.0 Å². The van der Waals surface area contributed by atoms with Gasteiger partial charge in [-0.3, -0.25) is 14.4 Å². The molecule has 28 heavy (non-hydrogen) atoms. The molecule has 0 saturated heterocycles. The summed E-state index contributed by atoms with van der Waals surface area (Å²) in [7, 11) is 0. The zero-order valence-corrected chi connectivity index (χ0v) is 15.3. The molecule has 0 fully saturated rings. The van der Waals surface area contributed by atoms with E-state index in [1.54, 1.807) is 42.5 Å². The van der Waals surface area contributed by atoms with Crippen LogP contribution >= 0.6 is 0 Å². The maximum atomic E-state index is 12.3. The van der Waals surface area contributed by atoms with Crippen molar-refractivity contribution in [2.24, 2.45) is 0 Å². The van der Waals surface area contributed by atoms with Crippen molar-refractivity contribution >= 4 is 34.3 Å². The molecule has 0 unspecified atom stereocenters. The minimum absolute atomic E-state index is 0.0399. The fourth-order valence-electron chi connectivity index (χ4n) is 2.64. The molecule has 0 aliphatic rings. The van der Waals surface area contributed by atoms with Crippen molar-refractivity contribution in [1.29, 1.82) is 0 Å². The highest BCUT2D eigenvalue weighted by Crippen LogP contribution is 2.13. The Morgan fingerprint density at radius 3 is 2.54 bits per heavy atom. The van der Waals surface area contributed by atoms with Crippen LogP contribution in [0.25, 0.3) is 10.9 Å². The van der Waals surface area contributed by atoms with Crippen LogP contribution in [0.5, 0.6) is 0 Å². The van der Waals surface area contributed by atoms with Gasteiger partial charge in [-0.2, -0.15) is 0 Å². The Balaban J connectivity index is 1.72. The van der Waals surface area contributed by atoms with Gasteiger partial charge in [0.15, 0.2) is 17.3 Å². The van der Waals surface area contributed by atoms with Crippen molar-refractivity contribution in [2.75, 3.05) is 5.32 Å². The average Bonchev–Trinajstić information content (AvgIpc) is 2.68. The molecule has 3 aromatic rings. The Labute approximate surface area is 160 Å². The van der Waals surface area contributed by atoms with Crippen LogP contribution < -0.4 is 10.7 Å². The molecule has 0 bridgehead atoms. The minimum atomic E-state index is -1.11. The molecule has 0 spiro atoms. The van der Waals surface area contributed by atoms with Gasteiger partial charge in [-0.15, -0.1) is 0 Å². The van der Waals surface area contributed by atoms with Gasteiger partial charge in [0.1, 0.15) is 5.69 Å². The summed E-state index contributed by atoms with van der Waals surface area (Å²) in [6.45, 7) is 2.84. The van der Waals surface area contributed by atoms with E-state index in [-0.39, 0.29) is 16.9 Å². The largest absolute Gasteiger partial charge is 0.448 e. The number of hydrogen-bond donors (Lipinski definition) is 2. The number of para-hydroxylation sites is 1. The Morgan fingerprint density at radius 1 is 1.04 bits per heavy atom. The number of benzene rings is 2. The third-order valence-corrected chi connectivity index (χ3v) is 4.15. The first-order valence-electron chi connectivity index (χ1n) is 8.60. The zero-order valence-electron chi connectivity index (χ0n) is 15.3. The lowest BCUT2D eigenvalue weighted by atomic mass is 10.1. The van der Waals surface area contributed by atoms with Gasteiger partial charge < -0.3 is 15.0 Å². The van der Waals surface area contributed by atoms with E-state index in [1.807, 2.05) is 0 Å². The smallest absolute Gasteiger partial charge is 0.355 e. The van der Waals surface area contributed by atoms with E-state index in [1.165, 1.54) is 19.9 Å². The van der Waals surface area contributed by atoms with Crippen molar-refractivity contribution in [3.63, 3.8) is 0 Å². The first kappa shape index (κ1) is 19.0. The lowest BCUT2D eigenvalue weighted by molar-refractivity contribution is -0.123. The lowest BCUT2D eigenvalue weighted by Gasteiger charge is -2.14. The highest BCUT2D eigenvalue weighted by molar-refractivity contribution is 5.99. The molecule has 142 valence electrons. The van der Waals surface area contributed by atoms with Crippen LogP contribution in [0.3, 0.4) is 0 Å². The van der Waals surface area contributed by atoms with E-state index < -0.39 is 18.0 Å². The Hall–Kier alpha value is -3.74. The number of amides is 1. The molecule has 0 radical (unpaired) electrons. The lowest BCUT2D eigenvalue weighted by Crippen LogP contribution is -2.30. The number of aromatic nitrogens is 1. The predicted octanol–water partition coefficient (Wildman–Crippen LogP) is 2.91. The van der Waals surface area contributed by atoms with Gasteiger partial charge in [0, 0.05) is 28.2 Å². The fraction of sp³-hybridized carbons (Fsp3) is 0.143. The van der Waals surface area contributed by atoms with Crippen molar-refractivity contribution in [1.82, 2.24) is 4.98 Å². The minimum Gasteiger partial charge on any atom is -0.448 e. The Kier molecular flexibility index (Phi) is 5.35. The van der Waals surface area contributed by atoms with Crippen molar-refractivity contribution in [3.8, 4) is 0 Å². The molecule has 0 aliphatic carbocycles. The van der Waals surface area contributed by atoms with Gasteiger partial charge in [0.05, 0.1) is 0 Å². The van der Waals surface area contributed by atoms with E-state index in [2.05, 4.69) is 10.3 Å². The second-order valence-corrected chi connectivity index (χ2v) is 6.27. The molecular formula is C21H18N2O5. The van der Waals surface area contributed by atoms with E-state index in [0.29, 0.717) is 22.2 Å². The molecule has 1 heterocycles. The summed E-state index contributed by atoms with van der Waals surface area (Å²) >= 11 is 0. The van der Waals surface area contributed by atoms with Gasteiger partial charge in [0.25, 0.3) is 5.91 Å². The molecular weight excluding hydrogens is 360 g/mol. The van der Waals surface area contributed by atoms with Crippen molar-refractivity contribution < 1.29 is 19.1 Å². The number of ether oxygens (including phenoxy) is 1. The number of esters is 1.